The zero-order valence-corrected chi connectivity index (χ0v) is 17.5. The maximum absolute atomic E-state index is 10.7. The molecule has 0 amide bonds. The SMILES string of the molecule is Cl.O=[N+]([O-])c1ccc(CCN2CCN(C3CCSc4ccccc43)CC2)cc1. The molecule has 2 aliphatic heterocycles. The fourth-order valence-electron chi connectivity index (χ4n) is 4.07. The molecule has 0 spiro atoms. The Morgan fingerprint density at radius 2 is 1.75 bits per heavy atom. The molecular formula is C21H26ClN3O2S. The molecule has 0 aromatic heterocycles. The van der Waals surface area contributed by atoms with Gasteiger partial charge in [-0.3, -0.25) is 15.0 Å². The maximum atomic E-state index is 10.7. The van der Waals surface area contributed by atoms with E-state index < -0.39 is 0 Å². The second-order valence-corrected chi connectivity index (χ2v) is 8.38. The third kappa shape index (κ3) is 4.87. The Bertz CT molecular complexity index is 794. The van der Waals surface area contributed by atoms with E-state index in [1.807, 2.05) is 23.9 Å². The minimum atomic E-state index is -0.342. The van der Waals surface area contributed by atoms with Gasteiger partial charge >= 0.3 is 0 Å². The molecule has 2 heterocycles. The van der Waals surface area contributed by atoms with Gasteiger partial charge in [0.1, 0.15) is 0 Å². The molecule has 0 N–H and O–H groups in total. The summed E-state index contributed by atoms with van der Waals surface area (Å²) >= 11 is 1.99. The van der Waals surface area contributed by atoms with E-state index in [1.54, 1.807) is 12.1 Å². The molecule has 28 heavy (non-hydrogen) atoms. The zero-order valence-electron chi connectivity index (χ0n) is 15.8. The van der Waals surface area contributed by atoms with Gasteiger partial charge in [0.15, 0.2) is 0 Å². The first-order valence-electron chi connectivity index (χ1n) is 9.62. The van der Waals surface area contributed by atoms with Gasteiger partial charge in [-0.1, -0.05) is 30.3 Å². The standard InChI is InChI=1S/C21H25N3O2S.ClH/c25-24(26)18-7-5-17(6-8-18)9-11-22-12-14-23(15-13-22)20-10-16-27-21-4-2-1-3-19(20)21;/h1-8,20H,9-16H2;1H. The molecule has 4 rings (SSSR count). The lowest BCUT2D eigenvalue weighted by Crippen LogP contribution is -2.48. The highest BCUT2D eigenvalue weighted by atomic mass is 35.5. The van der Waals surface area contributed by atoms with Crippen molar-refractivity contribution in [3.63, 3.8) is 0 Å². The molecular weight excluding hydrogens is 394 g/mol. The number of thioether (sulfide) groups is 1. The van der Waals surface area contributed by atoms with E-state index in [9.17, 15) is 10.1 Å². The van der Waals surface area contributed by atoms with Crippen LogP contribution in [0.4, 0.5) is 5.69 Å². The molecule has 2 aromatic carbocycles. The monoisotopic (exact) mass is 419 g/mol. The van der Waals surface area contributed by atoms with Crippen LogP contribution in [-0.2, 0) is 6.42 Å². The molecule has 2 aliphatic rings. The number of fused-ring (bicyclic) bond motifs is 1. The van der Waals surface area contributed by atoms with Crippen LogP contribution in [0.3, 0.4) is 0 Å². The summed E-state index contributed by atoms with van der Waals surface area (Å²) in [5.74, 6) is 1.21. The molecule has 1 atom stereocenters. The van der Waals surface area contributed by atoms with Gasteiger partial charge in [0.05, 0.1) is 4.92 Å². The van der Waals surface area contributed by atoms with Gasteiger partial charge in [0, 0.05) is 55.8 Å². The quantitative estimate of drug-likeness (QED) is 0.530. The average Bonchev–Trinajstić information content (AvgIpc) is 2.72. The van der Waals surface area contributed by atoms with Crippen molar-refractivity contribution in [2.45, 2.75) is 23.8 Å². The van der Waals surface area contributed by atoms with Crippen LogP contribution in [-0.4, -0.2) is 53.2 Å². The molecule has 1 unspecified atom stereocenters. The van der Waals surface area contributed by atoms with Gasteiger partial charge in [0.2, 0.25) is 0 Å². The van der Waals surface area contributed by atoms with E-state index in [-0.39, 0.29) is 23.0 Å². The summed E-state index contributed by atoms with van der Waals surface area (Å²) in [6.07, 6.45) is 2.19. The van der Waals surface area contributed by atoms with E-state index in [2.05, 4.69) is 34.1 Å². The predicted octanol–water partition coefficient (Wildman–Crippen LogP) is 4.41. The summed E-state index contributed by atoms with van der Waals surface area (Å²) in [6, 6.07) is 16.4. The third-order valence-corrected chi connectivity index (χ3v) is 6.76. The van der Waals surface area contributed by atoms with Crippen LogP contribution in [0.15, 0.2) is 53.4 Å². The fourth-order valence-corrected chi connectivity index (χ4v) is 5.18. The van der Waals surface area contributed by atoms with Crippen LogP contribution >= 0.6 is 24.2 Å². The van der Waals surface area contributed by atoms with Crippen LogP contribution in [0.5, 0.6) is 0 Å². The van der Waals surface area contributed by atoms with Crippen LogP contribution in [0.2, 0.25) is 0 Å². The molecule has 0 radical (unpaired) electrons. The lowest BCUT2D eigenvalue weighted by molar-refractivity contribution is -0.384. The smallest absolute Gasteiger partial charge is 0.269 e. The lowest BCUT2D eigenvalue weighted by atomic mass is 10.0. The van der Waals surface area contributed by atoms with Crippen molar-refractivity contribution in [2.75, 3.05) is 38.5 Å². The second kappa shape index (κ2) is 9.74. The van der Waals surface area contributed by atoms with Gasteiger partial charge < -0.3 is 4.90 Å². The van der Waals surface area contributed by atoms with E-state index in [4.69, 9.17) is 0 Å². The molecule has 5 nitrogen and oxygen atoms in total. The van der Waals surface area contributed by atoms with Gasteiger partial charge in [-0.25, -0.2) is 0 Å². The van der Waals surface area contributed by atoms with Crippen LogP contribution in [0.1, 0.15) is 23.6 Å². The number of nitro groups is 1. The Morgan fingerprint density at radius 1 is 1.04 bits per heavy atom. The number of hydrogen-bond donors (Lipinski definition) is 0. The first-order valence-corrected chi connectivity index (χ1v) is 10.6. The van der Waals surface area contributed by atoms with E-state index in [1.165, 1.54) is 28.2 Å². The minimum Gasteiger partial charge on any atom is -0.300 e. The van der Waals surface area contributed by atoms with E-state index in [0.717, 1.165) is 39.1 Å². The lowest BCUT2D eigenvalue weighted by Gasteiger charge is -2.41. The number of non-ortho nitro benzene ring substituents is 1. The largest absolute Gasteiger partial charge is 0.300 e. The van der Waals surface area contributed by atoms with Crippen molar-refractivity contribution in [3.8, 4) is 0 Å². The average molecular weight is 420 g/mol. The number of halogens is 1. The maximum Gasteiger partial charge on any atom is 0.269 e. The highest BCUT2D eigenvalue weighted by Crippen LogP contribution is 2.39. The number of hydrogen-bond acceptors (Lipinski definition) is 5. The summed E-state index contributed by atoms with van der Waals surface area (Å²) in [7, 11) is 0. The molecule has 150 valence electrons. The predicted molar refractivity (Wildman–Crippen MR) is 117 cm³/mol. The van der Waals surface area contributed by atoms with Crippen molar-refractivity contribution in [1.29, 1.82) is 0 Å². The number of nitro benzene ring substituents is 1. The van der Waals surface area contributed by atoms with E-state index >= 15 is 0 Å². The Kier molecular flexibility index (Phi) is 7.35. The Morgan fingerprint density at radius 3 is 2.46 bits per heavy atom. The van der Waals surface area contributed by atoms with Crippen molar-refractivity contribution >= 4 is 29.9 Å². The summed E-state index contributed by atoms with van der Waals surface area (Å²) < 4.78 is 0. The summed E-state index contributed by atoms with van der Waals surface area (Å²) in [5, 5.41) is 10.7. The highest BCUT2D eigenvalue weighted by molar-refractivity contribution is 7.99. The zero-order chi connectivity index (χ0) is 18.6. The molecule has 0 saturated carbocycles. The van der Waals surface area contributed by atoms with Gasteiger partial charge in [-0.05, 0) is 35.8 Å². The molecule has 0 aliphatic carbocycles. The Labute approximate surface area is 176 Å². The van der Waals surface area contributed by atoms with Crippen molar-refractivity contribution in [2.24, 2.45) is 0 Å². The first-order chi connectivity index (χ1) is 13.2. The summed E-state index contributed by atoms with van der Waals surface area (Å²) in [5.41, 5.74) is 2.84. The van der Waals surface area contributed by atoms with Gasteiger partial charge in [0.25, 0.3) is 5.69 Å². The normalized spacial score (nSPS) is 20.2. The third-order valence-electron chi connectivity index (χ3n) is 5.64. The van der Waals surface area contributed by atoms with Crippen molar-refractivity contribution in [1.82, 2.24) is 9.80 Å². The van der Waals surface area contributed by atoms with Crippen LogP contribution in [0.25, 0.3) is 0 Å². The molecule has 0 bridgehead atoms. The molecule has 7 heteroatoms. The number of piperazine rings is 1. The van der Waals surface area contributed by atoms with E-state index in [0.29, 0.717) is 6.04 Å². The van der Waals surface area contributed by atoms with Crippen molar-refractivity contribution in [3.05, 3.63) is 69.8 Å². The molecule has 2 aromatic rings. The Balaban J connectivity index is 0.00000225. The molecule has 1 fully saturated rings. The Hall–Kier alpha value is -1.60. The first kappa shape index (κ1) is 21.1. The number of benzene rings is 2. The summed E-state index contributed by atoms with van der Waals surface area (Å²) in [6.45, 7) is 5.44. The topological polar surface area (TPSA) is 49.6 Å². The second-order valence-electron chi connectivity index (χ2n) is 7.24. The minimum absolute atomic E-state index is 0. The van der Waals surface area contributed by atoms with Gasteiger partial charge in [-0.15, -0.1) is 24.2 Å². The summed E-state index contributed by atoms with van der Waals surface area (Å²) in [4.78, 5) is 17.0. The number of rotatable bonds is 5. The van der Waals surface area contributed by atoms with Gasteiger partial charge in [-0.2, -0.15) is 0 Å². The highest BCUT2D eigenvalue weighted by Gasteiger charge is 2.28. The van der Waals surface area contributed by atoms with Crippen molar-refractivity contribution < 1.29 is 4.92 Å². The van der Waals surface area contributed by atoms with Crippen LogP contribution in [0, 0.1) is 10.1 Å². The molecule has 1 saturated heterocycles. The number of nitrogens with zero attached hydrogens (tertiary/aromatic N) is 3. The fraction of sp³-hybridized carbons (Fsp3) is 0.429. The van der Waals surface area contributed by atoms with Crippen LogP contribution < -0.4 is 0 Å².